The fourth-order valence-corrected chi connectivity index (χ4v) is 4.14. The summed E-state index contributed by atoms with van der Waals surface area (Å²) in [5.41, 5.74) is -1.12. The van der Waals surface area contributed by atoms with Crippen molar-refractivity contribution in [3.05, 3.63) is 57.4 Å². The summed E-state index contributed by atoms with van der Waals surface area (Å²) < 4.78 is 29.6. The van der Waals surface area contributed by atoms with Crippen LogP contribution in [0.5, 0.6) is 11.5 Å². The monoisotopic (exact) mass is 531 g/mol. The molecular formula is C22H31ClN3O8P. The number of nitrogens with one attached hydrogen (secondary N) is 2. The summed E-state index contributed by atoms with van der Waals surface area (Å²) in [5.74, 6) is 0.482. The molecule has 0 radical (unpaired) electrons. The van der Waals surface area contributed by atoms with Crippen molar-refractivity contribution in [2.24, 2.45) is 0 Å². The van der Waals surface area contributed by atoms with E-state index in [9.17, 15) is 14.4 Å². The zero-order valence-corrected chi connectivity index (χ0v) is 21.9. The van der Waals surface area contributed by atoms with Crippen LogP contribution in [-0.2, 0) is 18.8 Å². The maximum Gasteiger partial charge on any atom is 0.330 e. The molecule has 0 aliphatic rings. The first-order valence-corrected chi connectivity index (χ1v) is 12.6. The van der Waals surface area contributed by atoms with Gasteiger partial charge in [-0.15, -0.1) is 11.6 Å². The largest absolute Gasteiger partial charge is 0.493 e. The summed E-state index contributed by atoms with van der Waals surface area (Å²) in [4.78, 5) is 37.8. The molecule has 11 nitrogen and oxygen atoms in total. The number of carbonyl (C=O) groups excluding carboxylic acids is 1. The Morgan fingerprint density at radius 2 is 1.83 bits per heavy atom. The predicted molar refractivity (Wildman–Crippen MR) is 132 cm³/mol. The molecule has 13 heteroatoms. The zero-order chi connectivity index (χ0) is 26.0. The van der Waals surface area contributed by atoms with Gasteiger partial charge in [-0.2, -0.15) is 0 Å². The molecule has 1 heterocycles. The van der Waals surface area contributed by atoms with E-state index in [1.165, 1.54) is 23.9 Å². The summed E-state index contributed by atoms with van der Waals surface area (Å²) in [6.07, 6.45) is -0.322. The van der Waals surface area contributed by atoms with Crippen molar-refractivity contribution in [2.45, 2.75) is 52.2 Å². The predicted octanol–water partition coefficient (Wildman–Crippen LogP) is 2.94. The third kappa shape index (κ3) is 9.27. The number of ether oxygens (including phenoxy) is 3. The number of rotatable bonds is 14. The average molecular weight is 532 g/mol. The number of methoxy groups -OCH3 is 1. The van der Waals surface area contributed by atoms with Crippen LogP contribution < -0.4 is 25.6 Å². The third-order valence-electron chi connectivity index (χ3n) is 4.44. The highest BCUT2D eigenvalue weighted by Gasteiger charge is 2.26. The first-order valence-electron chi connectivity index (χ1n) is 10.9. The molecule has 1 aromatic carbocycles. The molecule has 0 spiro atoms. The Bertz CT molecular complexity index is 1060. The van der Waals surface area contributed by atoms with Gasteiger partial charge in [-0.05, 0) is 39.8 Å². The van der Waals surface area contributed by atoms with E-state index in [1.807, 2.05) is 0 Å². The fourth-order valence-electron chi connectivity index (χ4n) is 2.75. The Hall–Kier alpha value is -2.43. The Labute approximate surface area is 209 Å². The molecule has 2 rings (SSSR count). The number of halogens is 1. The van der Waals surface area contributed by atoms with E-state index in [0.717, 1.165) is 0 Å². The van der Waals surface area contributed by atoms with E-state index in [4.69, 9.17) is 34.9 Å². The Morgan fingerprint density at radius 1 is 1.14 bits per heavy atom. The van der Waals surface area contributed by atoms with Gasteiger partial charge in [0.2, 0.25) is 0 Å². The SMILES string of the molecule is COc1ccccc1OP(N[C@@H](C)C(=O)OC(C)C)OCC(CCl)OC(C)n1ccc(=O)[nH]c1=O. The lowest BCUT2D eigenvalue weighted by molar-refractivity contribution is -0.149. The molecule has 0 aliphatic carbocycles. The van der Waals surface area contributed by atoms with E-state index >= 15 is 0 Å². The average Bonchev–Trinajstić information content (AvgIpc) is 2.81. The third-order valence-corrected chi connectivity index (χ3v) is 6.13. The Kier molecular flexibility index (Phi) is 11.7. The van der Waals surface area contributed by atoms with Gasteiger partial charge in [0.05, 0.1) is 31.8 Å². The topological polar surface area (TPSA) is 130 Å². The molecule has 35 heavy (non-hydrogen) atoms. The fraction of sp³-hybridized carbons (Fsp3) is 0.500. The first kappa shape index (κ1) is 28.8. The highest BCUT2D eigenvalue weighted by molar-refractivity contribution is 7.45. The van der Waals surface area contributed by atoms with E-state index in [2.05, 4.69) is 10.1 Å². The highest BCUT2D eigenvalue weighted by Crippen LogP contribution is 2.40. The molecule has 4 atom stereocenters. The second-order valence-electron chi connectivity index (χ2n) is 7.66. The van der Waals surface area contributed by atoms with Gasteiger partial charge < -0.3 is 23.3 Å². The maximum atomic E-state index is 12.3. The van der Waals surface area contributed by atoms with Crippen molar-refractivity contribution in [3.63, 3.8) is 0 Å². The summed E-state index contributed by atoms with van der Waals surface area (Å²) in [7, 11) is -0.356. The zero-order valence-electron chi connectivity index (χ0n) is 20.2. The molecule has 194 valence electrons. The lowest BCUT2D eigenvalue weighted by Gasteiger charge is -2.26. The van der Waals surface area contributed by atoms with Crippen molar-refractivity contribution in [1.29, 1.82) is 0 Å². The van der Waals surface area contributed by atoms with Gasteiger partial charge >= 0.3 is 20.2 Å². The molecule has 0 amide bonds. The highest BCUT2D eigenvalue weighted by atomic mass is 35.5. The number of para-hydroxylation sites is 2. The molecule has 1 aromatic heterocycles. The van der Waals surface area contributed by atoms with Gasteiger partial charge in [0.1, 0.15) is 12.3 Å². The second kappa shape index (κ2) is 14.2. The molecule has 0 saturated heterocycles. The van der Waals surface area contributed by atoms with Crippen LogP contribution in [0.25, 0.3) is 0 Å². The number of hydrogen-bond acceptors (Lipinski definition) is 9. The maximum absolute atomic E-state index is 12.3. The first-order chi connectivity index (χ1) is 16.6. The van der Waals surface area contributed by atoms with Gasteiger partial charge in [0.25, 0.3) is 5.56 Å². The van der Waals surface area contributed by atoms with Crippen LogP contribution in [0.15, 0.2) is 46.1 Å². The molecule has 3 unspecified atom stereocenters. The lowest BCUT2D eigenvalue weighted by Crippen LogP contribution is -2.36. The van der Waals surface area contributed by atoms with Crippen LogP contribution >= 0.6 is 20.1 Å². The van der Waals surface area contributed by atoms with E-state index in [-0.39, 0.29) is 18.6 Å². The van der Waals surface area contributed by atoms with E-state index in [1.54, 1.807) is 52.0 Å². The lowest BCUT2D eigenvalue weighted by atomic mass is 10.3. The summed E-state index contributed by atoms with van der Waals surface area (Å²) in [5, 5.41) is 3.00. The molecule has 0 saturated carbocycles. The number of alkyl halides is 1. The Morgan fingerprint density at radius 3 is 2.43 bits per heavy atom. The minimum atomic E-state index is -1.87. The van der Waals surface area contributed by atoms with Crippen molar-refractivity contribution < 1.29 is 28.1 Å². The van der Waals surface area contributed by atoms with Gasteiger partial charge in [-0.25, -0.2) is 9.88 Å². The van der Waals surface area contributed by atoms with Crippen molar-refractivity contribution in [1.82, 2.24) is 14.6 Å². The van der Waals surface area contributed by atoms with Crippen molar-refractivity contribution >= 4 is 26.1 Å². The van der Waals surface area contributed by atoms with Crippen LogP contribution in [0.4, 0.5) is 0 Å². The van der Waals surface area contributed by atoms with Gasteiger partial charge in [-0.1, -0.05) is 12.1 Å². The molecule has 0 bridgehead atoms. The van der Waals surface area contributed by atoms with Crippen LogP contribution in [0.3, 0.4) is 0 Å². The summed E-state index contributed by atoms with van der Waals surface area (Å²) in [6, 6.07) is 7.49. The van der Waals surface area contributed by atoms with Crippen LogP contribution in [0.1, 0.15) is 33.9 Å². The van der Waals surface area contributed by atoms with Gasteiger partial charge in [0.15, 0.2) is 11.5 Å². The van der Waals surface area contributed by atoms with E-state index in [0.29, 0.717) is 11.5 Å². The van der Waals surface area contributed by atoms with Crippen LogP contribution in [0, 0.1) is 0 Å². The smallest absolute Gasteiger partial charge is 0.330 e. The van der Waals surface area contributed by atoms with Crippen molar-refractivity contribution in [2.75, 3.05) is 19.6 Å². The standard InChI is InChI=1S/C22H31ClN3O8P/c1-14(2)32-21(28)15(3)25-35(34-19-9-7-6-8-18(19)30-5)31-13-17(12-23)33-16(4)26-11-10-20(27)24-22(26)29/h6-11,14-17,25H,12-13H2,1-5H3,(H,24,27,29)/t15-,16?,17?,35?/m0/s1. The van der Waals surface area contributed by atoms with E-state index < -0.39 is 44.1 Å². The molecule has 0 fully saturated rings. The number of aromatic nitrogens is 2. The molecule has 2 aromatic rings. The second-order valence-corrected chi connectivity index (χ2v) is 9.18. The minimum absolute atomic E-state index is 0.0221. The van der Waals surface area contributed by atoms with Gasteiger partial charge in [-0.3, -0.25) is 19.1 Å². The van der Waals surface area contributed by atoms with Crippen molar-refractivity contribution in [3.8, 4) is 11.5 Å². The number of esters is 1. The van der Waals surface area contributed by atoms with Crippen LogP contribution in [0.2, 0.25) is 0 Å². The number of aromatic amines is 1. The molecular weight excluding hydrogens is 501 g/mol. The van der Waals surface area contributed by atoms with Gasteiger partial charge in [0, 0.05) is 12.3 Å². The number of hydrogen-bond donors (Lipinski definition) is 2. The summed E-state index contributed by atoms with van der Waals surface area (Å²) in [6.45, 7) is 6.76. The number of nitrogens with zero attached hydrogens (tertiary/aromatic N) is 1. The number of carbonyl (C=O) groups is 1. The normalized spacial score (nSPS) is 14.7. The molecule has 0 aliphatic heterocycles. The van der Waals surface area contributed by atoms with Crippen LogP contribution in [-0.4, -0.2) is 53.4 Å². The quantitative estimate of drug-likeness (QED) is 0.215. The summed E-state index contributed by atoms with van der Waals surface area (Å²) >= 11 is 6.07. The minimum Gasteiger partial charge on any atom is -0.493 e. The number of benzene rings is 1. The number of H-pyrrole nitrogens is 1. The Balaban J connectivity index is 2.11. The molecule has 2 N–H and O–H groups in total.